The Labute approximate surface area is 120 Å². The average Bonchev–Trinajstić information content (AvgIpc) is 3.01. The number of likely N-dealkylation sites (N-methyl/N-ethyl adjacent to an activating group) is 1. The first-order chi connectivity index (χ1) is 9.41. The van der Waals surface area contributed by atoms with Gasteiger partial charge in [0.25, 0.3) is 0 Å². The molecule has 0 aliphatic carbocycles. The van der Waals surface area contributed by atoms with Crippen LogP contribution in [0.4, 0.5) is 0 Å². The predicted molar refractivity (Wildman–Crippen MR) is 79.5 cm³/mol. The molecule has 2 heterocycles. The van der Waals surface area contributed by atoms with Gasteiger partial charge in [0.05, 0.1) is 5.69 Å². The minimum absolute atomic E-state index is 0.106. The number of aryl methyl sites for hydroxylation is 1. The van der Waals surface area contributed by atoms with Crippen molar-refractivity contribution in [1.82, 2.24) is 20.0 Å². The Balaban J connectivity index is 2.13. The largest absolute Gasteiger partial charge is 0.340 e. The Hall–Kier alpha value is -1.62. The molecule has 2 rings (SSSR count). The van der Waals surface area contributed by atoms with E-state index in [4.69, 9.17) is 0 Å². The van der Waals surface area contributed by atoms with Gasteiger partial charge in [-0.2, -0.15) is 5.10 Å². The molecule has 0 saturated carbocycles. The third-order valence-corrected chi connectivity index (χ3v) is 3.79. The van der Waals surface area contributed by atoms with Crippen molar-refractivity contribution in [2.75, 3.05) is 13.6 Å². The average molecular weight is 276 g/mol. The van der Waals surface area contributed by atoms with E-state index in [9.17, 15) is 4.79 Å². The number of nitrogens with zero attached hydrogens (tertiary/aromatic N) is 3. The van der Waals surface area contributed by atoms with Crippen LogP contribution in [0.15, 0.2) is 12.2 Å². The van der Waals surface area contributed by atoms with Crippen molar-refractivity contribution in [1.29, 1.82) is 0 Å². The molecule has 0 unspecified atom stereocenters. The Morgan fingerprint density at radius 1 is 1.55 bits per heavy atom. The highest BCUT2D eigenvalue weighted by Gasteiger charge is 2.23. The van der Waals surface area contributed by atoms with Gasteiger partial charge in [-0.25, -0.2) is 0 Å². The summed E-state index contributed by atoms with van der Waals surface area (Å²) in [6.45, 7) is 9.69. The molecule has 110 valence electrons. The molecule has 0 spiro atoms. The summed E-state index contributed by atoms with van der Waals surface area (Å²) in [5.41, 5.74) is 3.30. The summed E-state index contributed by atoms with van der Waals surface area (Å²) in [7, 11) is 1.85. The molecule has 0 fully saturated rings. The van der Waals surface area contributed by atoms with E-state index in [2.05, 4.69) is 31.2 Å². The van der Waals surface area contributed by atoms with Crippen LogP contribution in [0, 0.1) is 13.8 Å². The Morgan fingerprint density at radius 3 is 2.75 bits per heavy atom. The normalized spacial score (nSPS) is 18.0. The number of amides is 1. The summed E-state index contributed by atoms with van der Waals surface area (Å²) in [4.78, 5) is 14.1. The number of hydrogen-bond acceptors (Lipinski definition) is 3. The van der Waals surface area contributed by atoms with E-state index in [0.717, 1.165) is 23.5 Å². The van der Waals surface area contributed by atoms with E-state index < -0.39 is 0 Å². The van der Waals surface area contributed by atoms with E-state index in [1.807, 2.05) is 30.8 Å². The summed E-state index contributed by atoms with van der Waals surface area (Å²) < 4.78 is 2.02. The van der Waals surface area contributed by atoms with Gasteiger partial charge in [-0.3, -0.25) is 14.8 Å². The van der Waals surface area contributed by atoms with Crippen LogP contribution in [-0.2, 0) is 11.3 Å². The van der Waals surface area contributed by atoms with Crippen LogP contribution < -0.4 is 5.32 Å². The molecule has 0 saturated heterocycles. The SMILES string of the molecule is Cc1nn(C(C)C)c(C)c1CN(C)C(=O)[C@H]1C=CCN1. The third-order valence-electron chi connectivity index (χ3n) is 3.79. The lowest BCUT2D eigenvalue weighted by Gasteiger charge is -2.21. The molecule has 0 bridgehead atoms. The zero-order valence-corrected chi connectivity index (χ0v) is 13.0. The first-order valence-electron chi connectivity index (χ1n) is 7.11. The molecule has 5 nitrogen and oxygen atoms in total. The van der Waals surface area contributed by atoms with Crippen molar-refractivity contribution >= 4 is 5.91 Å². The molecule has 1 amide bonds. The van der Waals surface area contributed by atoms with Crippen LogP contribution in [0.25, 0.3) is 0 Å². The summed E-state index contributed by atoms with van der Waals surface area (Å²) in [6.07, 6.45) is 3.92. The van der Waals surface area contributed by atoms with Crippen LogP contribution in [0.5, 0.6) is 0 Å². The Kier molecular flexibility index (Phi) is 4.28. The highest BCUT2D eigenvalue weighted by molar-refractivity contribution is 5.84. The highest BCUT2D eigenvalue weighted by Crippen LogP contribution is 2.19. The Morgan fingerprint density at radius 2 is 2.25 bits per heavy atom. The second kappa shape index (κ2) is 5.79. The summed E-state index contributed by atoms with van der Waals surface area (Å²) in [5.74, 6) is 0.106. The van der Waals surface area contributed by atoms with Gasteiger partial charge in [-0.15, -0.1) is 0 Å². The standard InChI is InChI=1S/C15H24N4O/c1-10(2)19-12(4)13(11(3)17-19)9-18(5)15(20)14-7-6-8-16-14/h6-7,10,14,16H,8-9H2,1-5H3/t14-/m1/s1. The lowest BCUT2D eigenvalue weighted by molar-refractivity contribution is -0.131. The molecule has 0 radical (unpaired) electrons. The fraction of sp³-hybridized carbons (Fsp3) is 0.600. The third kappa shape index (κ3) is 2.77. The molecule has 1 aromatic heterocycles. The Bertz CT molecular complexity index is 530. The van der Waals surface area contributed by atoms with Gasteiger partial charge in [0.2, 0.25) is 5.91 Å². The zero-order valence-electron chi connectivity index (χ0n) is 13.0. The van der Waals surface area contributed by atoms with Crippen molar-refractivity contribution in [3.63, 3.8) is 0 Å². The first kappa shape index (κ1) is 14.8. The maximum Gasteiger partial charge on any atom is 0.243 e. The maximum absolute atomic E-state index is 12.3. The molecule has 0 aromatic carbocycles. The lowest BCUT2D eigenvalue weighted by Crippen LogP contribution is -2.41. The monoisotopic (exact) mass is 276 g/mol. The number of hydrogen-bond donors (Lipinski definition) is 1. The van der Waals surface area contributed by atoms with Gasteiger partial charge in [0.15, 0.2) is 0 Å². The molecule has 1 aliphatic heterocycles. The van der Waals surface area contributed by atoms with Crippen molar-refractivity contribution in [2.24, 2.45) is 0 Å². The van der Waals surface area contributed by atoms with Crippen LogP contribution in [0.1, 0.15) is 36.8 Å². The maximum atomic E-state index is 12.3. The molecule has 5 heteroatoms. The molecular weight excluding hydrogens is 252 g/mol. The summed E-state index contributed by atoms with van der Waals surface area (Å²) in [6, 6.07) is 0.156. The van der Waals surface area contributed by atoms with E-state index in [1.165, 1.54) is 0 Å². The van der Waals surface area contributed by atoms with Gasteiger partial charge in [0.1, 0.15) is 6.04 Å². The van der Waals surface area contributed by atoms with Crippen LogP contribution in [0.3, 0.4) is 0 Å². The van der Waals surface area contributed by atoms with Gasteiger partial charge in [0, 0.05) is 37.4 Å². The van der Waals surface area contributed by atoms with Gasteiger partial charge >= 0.3 is 0 Å². The summed E-state index contributed by atoms with van der Waals surface area (Å²) in [5, 5.41) is 7.72. The van der Waals surface area contributed by atoms with Crippen molar-refractivity contribution in [3.8, 4) is 0 Å². The second-order valence-corrected chi connectivity index (χ2v) is 5.70. The fourth-order valence-corrected chi connectivity index (χ4v) is 2.62. The van der Waals surface area contributed by atoms with E-state index in [0.29, 0.717) is 12.6 Å². The van der Waals surface area contributed by atoms with Gasteiger partial charge in [-0.05, 0) is 27.7 Å². The first-order valence-corrected chi connectivity index (χ1v) is 7.11. The number of aromatic nitrogens is 2. The number of carbonyl (C=O) groups excluding carboxylic acids is 1. The van der Waals surface area contributed by atoms with E-state index in [-0.39, 0.29) is 11.9 Å². The van der Waals surface area contributed by atoms with Gasteiger partial charge in [-0.1, -0.05) is 12.2 Å². The topological polar surface area (TPSA) is 50.2 Å². The number of rotatable bonds is 4. The van der Waals surface area contributed by atoms with Crippen molar-refractivity contribution < 1.29 is 4.79 Å². The minimum atomic E-state index is -0.180. The quantitative estimate of drug-likeness (QED) is 0.849. The molecule has 20 heavy (non-hydrogen) atoms. The minimum Gasteiger partial charge on any atom is -0.340 e. The smallest absolute Gasteiger partial charge is 0.243 e. The second-order valence-electron chi connectivity index (χ2n) is 5.70. The van der Waals surface area contributed by atoms with Gasteiger partial charge < -0.3 is 4.90 Å². The van der Waals surface area contributed by atoms with Crippen molar-refractivity contribution in [2.45, 2.75) is 46.3 Å². The number of carbonyl (C=O) groups is 1. The van der Waals surface area contributed by atoms with Crippen molar-refractivity contribution in [3.05, 3.63) is 29.1 Å². The lowest BCUT2D eigenvalue weighted by atomic mass is 10.1. The highest BCUT2D eigenvalue weighted by atomic mass is 16.2. The molecule has 1 atom stereocenters. The number of nitrogens with one attached hydrogen (secondary N) is 1. The molecular formula is C15H24N4O. The fourth-order valence-electron chi connectivity index (χ4n) is 2.62. The van der Waals surface area contributed by atoms with Crippen LogP contribution in [0.2, 0.25) is 0 Å². The molecule has 1 N–H and O–H groups in total. The molecule has 1 aromatic rings. The molecule has 1 aliphatic rings. The van der Waals surface area contributed by atoms with Crippen LogP contribution >= 0.6 is 0 Å². The van der Waals surface area contributed by atoms with E-state index >= 15 is 0 Å². The van der Waals surface area contributed by atoms with E-state index in [1.54, 1.807) is 4.90 Å². The summed E-state index contributed by atoms with van der Waals surface area (Å²) >= 11 is 0. The predicted octanol–water partition coefficient (Wildman–Crippen LogP) is 1.57. The van der Waals surface area contributed by atoms with Crippen LogP contribution in [-0.4, -0.2) is 40.2 Å². The zero-order chi connectivity index (χ0) is 14.9.